The number of hydrogen-bond donors (Lipinski definition) is 1. The number of ether oxygens (including phenoxy) is 3. The number of hydrogen-bond acceptors (Lipinski definition) is 7. The maximum absolute atomic E-state index is 13.6. The number of benzene rings is 3. The second-order valence-electron chi connectivity index (χ2n) is 9.02. The minimum absolute atomic E-state index is 0.226. The average Bonchev–Trinajstić information content (AvgIpc) is 3.20. The Labute approximate surface area is 232 Å². The van der Waals surface area contributed by atoms with Crippen LogP contribution < -0.4 is 19.7 Å². The summed E-state index contributed by atoms with van der Waals surface area (Å²) in [5, 5.41) is 2.75. The predicted octanol–water partition coefficient (Wildman–Crippen LogP) is 4.29. The Morgan fingerprint density at radius 1 is 0.900 bits per heavy atom. The summed E-state index contributed by atoms with van der Waals surface area (Å²) < 4.78 is 15.4. The average molecular weight is 546 g/mol. The summed E-state index contributed by atoms with van der Waals surface area (Å²) in [6, 6.07) is 18.8. The lowest BCUT2D eigenvalue weighted by molar-refractivity contribution is -0.124. The molecular formula is C30H31N3O7. The molecule has 0 spiro atoms. The fourth-order valence-electron chi connectivity index (χ4n) is 4.41. The van der Waals surface area contributed by atoms with Crippen LogP contribution >= 0.6 is 0 Å². The zero-order valence-electron chi connectivity index (χ0n) is 22.6. The zero-order valence-corrected chi connectivity index (χ0v) is 22.6. The molecule has 0 radical (unpaired) electrons. The van der Waals surface area contributed by atoms with E-state index < -0.39 is 29.9 Å². The molecule has 4 amide bonds. The maximum Gasteiger partial charge on any atom is 0.338 e. The highest BCUT2D eigenvalue weighted by molar-refractivity contribution is 6.22. The van der Waals surface area contributed by atoms with Gasteiger partial charge in [-0.25, -0.2) is 14.5 Å². The van der Waals surface area contributed by atoms with E-state index in [-0.39, 0.29) is 19.6 Å². The number of nitrogens with zero attached hydrogens (tertiary/aromatic N) is 2. The van der Waals surface area contributed by atoms with Gasteiger partial charge < -0.3 is 24.4 Å². The van der Waals surface area contributed by atoms with Gasteiger partial charge in [-0.05, 0) is 67.4 Å². The van der Waals surface area contributed by atoms with E-state index in [0.29, 0.717) is 34.9 Å². The van der Waals surface area contributed by atoms with Crippen LogP contribution in [0.3, 0.4) is 0 Å². The SMILES string of the molecule is CCOC(=O)c1ccc(NC(=O)CC2C(=O)N(c3cccc(OC)c3)C(=O)N2CCc2ccc(OC)cc2)cc1. The van der Waals surface area contributed by atoms with Crippen LogP contribution in [0.5, 0.6) is 11.5 Å². The normalized spacial score (nSPS) is 14.7. The first-order valence-corrected chi connectivity index (χ1v) is 12.8. The van der Waals surface area contributed by atoms with Crippen molar-refractivity contribution in [1.29, 1.82) is 0 Å². The molecule has 1 heterocycles. The largest absolute Gasteiger partial charge is 0.497 e. The molecule has 10 heteroatoms. The summed E-state index contributed by atoms with van der Waals surface area (Å²) in [4.78, 5) is 54.5. The zero-order chi connectivity index (χ0) is 28.6. The molecule has 3 aromatic rings. The van der Waals surface area contributed by atoms with Crippen LogP contribution in [0.15, 0.2) is 72.8 Å². The van der Waals surface area contributed by atoms with Crippen LogP contribution in [-0.2, 0) is 20.7 Å². The number of anilines is 2. The van der Waals surface area contributed by atoms with E-state index in [0.717, 1.165) is 10.5 Å². The van der Waals surface area contributed by atoms with Crippen molar-refractivity contribution in [3.63, 3.8) is 0 Å². The third kappa shape index (κ3) is 6.40. The highest BCUT2D eigenvalue weighted by Gasteiger charge is 2.46. The number of amides is 4. The third-order valence-corrected chi connectivity index (χ3v) is 6.49. The minimum Gasteiger partial charge on any atom is -0.497 e. The first-order valence-electron chi connectivity index (χ1n) is 12.8. The molecule has 1 aliphatic heterocycles. The van der Waals surface area contributed by atoms with Gasteiger partial charge in [0, 0.05) is 18.3 Å². The lowest BCUT2D eigenvalue weighted by atomic mass is 10.1. The smallest absolute Gasteiger partial charge is 0.338 e. The van der Waals surface area contributed by atoms with Gasteiger partial charge in [-0.3, -0.25) is 9.59 Å². The number of carbonyl (C=O) groups excluding carboxylic acids is 4. The molecule has 1 unspecified atom stereocenters. The van der Waals surface area contributed by atoms with Crippen molar-refractivity contribution >= 4 is 35.2 Å². The van der Waals surface area contributed by atoms with Crippen molar-refractivity contribution in [3.8, 4) is 11.5 Å². The number of imide groups is 1. The van der Waals surface area contributed by atoms with Gasteiger partial charge in [0.05, 0.1) is 38.5 Å². The molecule has 0 aliphatic carbocycles. The number of rotatable bonds is 11. The van der Waals surface area contributed by atoms with Gasteiger partial charge in [0.1, 0.15) is 17.5 Å². The summed E-state index contributed by atoms with van der Waals surface area (Å²) in [6.45, 7) is 2.20. The molecule has 1 aliphatic rings. The van der Waals surface area contributed by atoms with Crippen LogP contribution in [0.2, 0.25) is 0 Å². The Balaban J connectivity index is 1.52. The molecule has 10 nitrogen and oxygen atoms in total. The molecule has 1 fully saturated rings. The number of carbonyl (C=O) groups is 4. The maximum atomic E-state index is 13.6. The molecule has 40 heavy (non-hydrogen) atoms. The van der Waals surface area contributed by atoms with Crippen LogP contribution in [0.25, 0.3) is 0 Å². The van der Waals surface area contributed by atoms with Gasteiger partial charge in [-0.1, -0.05) is 18.2 Å². The number of esters is 1. The second-order valence-corrected chi connectivity index (χ2v) is 9.02. The van der Waals surface area contributed by atoms with E-state index in [1.54, 1.807) is 62.6 Å². The quantitative estimate of drug-likeness (QED) is 0.282. The molecule has 1 N–H and O–H groups in total. The summed E-state index contributed by atoms with van der Waals surface area (Å²) >= 11 is 0. The van der Waals surface area contributed by atoms with Crippen molar-refractivity contribution in [2.75, 3.05) is 37.6 Å². The van der Waals surface area contributed by atoms with Crippen LogP contribution in [0.4, 0.5) is 16.2 Å². The van der Waals surface area contributed by atoms with Gasteiger partial charge in [-0.15, -0.1) is 0 Å². The minimum atomic E-state index is -1.00. The van der Waals surface area contributed by atoms with Crippen LogP contribution in [0.1, 0.15) is 29.3 Å². The summed E-state index contributed by atoms with van der Waals surface area (Å²) in [5.41, 5.74) is 2.12. The monoisotopic (exact) mass is 545 g/mol. The molecular weight excluding hydrogens is 514 g/mol. The van der Waals surface area contributed by atoms with E-state index in [1.807, 2.05) is 24.3 Å². The molecule has 1 saturated heterocycles. The van der Waals surface area contributed by atoms with Gasteiger partial charge in [0.25, 0.3) is 5.91 Å². The topological polar surface area (TPSA) is 114 Å². The third-order valence-electron chi connectivity index (χ3n) is 6.49. The van der Waals surface area contributed by atoms with Crippen molar-refractivity contribution in [1.82, 2.24) is 4.90 Å². The standard InChI is InChI=1S/C30H31N3O7/c1-4-40-29(36)21-10-12-22(13-11-21)31-27(34)19-26-28(35)33(23-6-5-7-25(18-23)39-3)30(37)32(26)17-16-20-8-14-24(38-2)15-9-20/h5-15,18,26H,4,16-17,19H2,1-3H3,(H,31,34). The first-order chi connectivity index (χ1) is 19.3. The van der Waals surface area contributed by atoms with Crippen molar-refractivity contribution in [3.05, 3.63) is 83.9 Å². The molecule has 0 saturated carbocycles. The number of urea groups is 1. The lowest BCUT2D eigenvalue weighted by Crippen LogP contribution is -2.39. The predicted molar refractivity (Wildman–Crippen MR) is 149 cm³/mol. The Morgan fingerprint density at radius 2 is 1.60 bits per heavy atom. The summed E-state index contributed by atoms with van der Waals surface area (Å²) in [5.74, 6) is -0.195. The second kappa shape index (κ2) is 12.8. The van der Waals surface area contributed by atoms with E-state index in [2.05, 4.69) is 5.32 Å². The van der Waals surface area contributed by atoms with E-state index in [9.17, 15) is 19.2 Å². The first kappa shape index (κ1) is 28.2. The van der Waals surface area contributed by atoms with E-state index >= 15 is 0 Å². The fourth-order valence-corrected chi connectivity index (χ4v) is 4.41. The van der Waals surface area contributed by atoms with Gasteiger partial charge in [0.2, 0.25) is 5.91 Å². The Bertz CT molecular complexity index is 1370. The molecule has 3 aromatic carbocycles. The van der Waals surface area contributed by atoms with Crippen LogP contribution in [-0.4, -0.2) is 62.1 Å². The van der Waals surface area contributed by atoms with Gasteiger partial charge >= 0.3 is 12.0 Å². The van der Waals surface area contributed by atoms with E-state index in [1.165, 1.54) is 12.0 Å². The molecule has 0 bridgehead atoms. The van der Waals surface area contributed by atoms with Crippen molar-refractivity contribution in [2.24, 2.45) is 0 Å². The van der Waals surface area contributed by atoms with Crippen LogP contribution in [0, 0.1) is 0 Å². The van der Waals surface area contributed by atoms with Crippen molar-refractivity contribution < 1.29 is 33.4 Å². The Morgan fingerprint density at radius 3 is 2.25 bits per heavy atom. The fraction of sp³-hybridized carbons (Fsp3) is 0.267. The number of methoxy groups -OCH3 is 2. The van der Waals surface area contributed by atoms with Crippen molar-refractivity contribution in [2.45, 2.75) is 25.8 Å². The molecule has 0 aromatic heterocycles. The Hall–Kier alpha value is -4.86. The number of nitrogens with one attached hydrogen (secondary N) is 1. The summed E-state index contributed by atoms with van der Waals surface area (Å²) in [7, 11) is 3.08. The van der Waals surface area contributed by atoms with Gasteiger partial charge in [-0.2, -0.15) is 0 Å². The Kier molecular flexibility index (Phi) is 9.00. The molecule has 1 atom stereocenters. The highest BCUT2D eigenvalue weighted by Crippen LogP contribution is 2.30. The molecule has 4 rings (SSSR count). The van der Waals surface area contributed by atoms with Gasteiger partial charge in [0.15, 0.2) is 0 Å². The highest BCUT2D eigenvalue weighted by atomic mass is 16.5. The summed E-state index contributed by atoms with van der Waals surface area (Å²) in [6.07, 6.45) is 0.232. The molecule has 208 valence electrons. The van der Waals surface area contributed by atoms with E-state index in [4.69, 9.17) is 14.2 Å². The lowest BCUT2D eigenvalue weighted by Gasteiger charge is -2.21.